The topological polar surface area (TPSA) is 73.0 Å². The SMILES string of the molecule is NCc1ccc(C(O)CN2CCN(CCO)CC2)cc1. The van der Waals surface area contributed by atoms with Crippen LogP contribution in [0.2, 0.25) is 0 Å². The van der Waals surface area contributed by atoms with Crippen molar-refractivity contribution >= 4 is 0 Å². The van der Waals surface area contributed by atoms with E-state index in [1.54, 1.807) is 0 Å². The number of nitrogens with two attached hydrogens (primary N) is 1. The smallest absolute Gasteiger partial charge is 0.0916 e. The van der Waals surface area contributed by atoms with E-state index in [-0.39, 0.29) is 6.61 Å². The Bertz CT molecular complexity index is 389. The van der Waals surface area contributed by atoms with Gasteiger partial charge in [-0.1, -0.05) is 24.3 Å². The first-order valence-electron chi connectivity index (χ1n) is 7.25. The lowest BCUT2D eigenvalue weighted by Crippen LogP contribution is -2.48. The van der Waals surface area contributed by atoms with E-state index in [0.717, 1.165) is 43.9 Å². The fourth-order valence-electron chi connectivity index (χ4n) is 2.56. The molecule has 2 rings (SSSR count). The molecule has 20 heavy (non-hydrogen) atoms. The van der Waals surface area contributed by atoms with Crippen LogP contribution in [0.15, 0.2) is 24.3 Å². The van der Waals surface area contributed by atoms with E-state index in [2.05, 4.69) is 9.80 Å². The zero-order valence-corrected chi connectivity index (χ0v) is 11.9. The summed E-state index contributed by atoms with van der Waals surface area (Å²) in [5.74, 6) is 0. The van der Waals surface area contributed by atoms with Crippen molar-refractivity contribution in [1.29, 1.82) is 0 Å². The monoisotopic (exact) mass is 279 g/mol. The first-order valence-corrected chi connectivity index (χ1v) is 7.25. The Kier molecular flexibility index (Phi) is 5.94. The van der Waals surface area contributed by atoms with Crippen LogP contribution in [0.3, 0.4) is 0 Å². The minimum Gasteiger partial charge on any atom is -0.395 e. The fraction of sp³-hybridized carbons (Fsp3) is 0.600. The number of hydrogen-bond donors (Lipinski definition) is 3. The van der Waals surface area contributed by atoms with Crippen molar-refractivity contribution in [3.8, 4) is 0 Å². The van der Waals surface area contributed by atoms with E-state index in [1.807, 2.05) is 24.3 Å². The third-order valence-electron chi connectivity index (χ3n) is 3.91. The Morgan fingerprint density at radius 2 is 1.65 bits per heavy atom. The number of rotatable bonds is 6. The molecule has 1 unspecified atom stereocenters. The molecule has 0 aromatic heterocycles. The van der Waals surface area contributed by atoms with Crippen LogP contribution in [-0.4, -0.2) is 65.9 Å². The van der Waals surface area contributed by atoms with Gasteiger partial charge in [-0.05, 0) is 11.1 Å². The van der Waals surface area contributed by atoms with Gasteiger partial charge in [-0.15, -0.1) is 0 Å². The summed E-state index contributed by atoms with van der Waals surface area (Å²) < 4.78 is 0. The molecule has 112 valence electrons. The van der Waals surface area contributed by atoms with E-state index < -0.39 is 6.10 Å². The van der Waals surface area contributed by atoms with E-state index in [0.29, 0.717) is 13.1 Å². The Morgan fingerprint density at radius 1 is 1.05 bits per heavy atom. The van der Waals surface area contributed by atoms with Gasteiger partial charge in [0.05, 0.1) is 12.7 Å². The van der Waals surface area contributed by atoms with E-state index >= 15 is 0 Å². The number of nitrogens with zero attached hydrogens (tertiary/aromatic N) is 2. The lowest BCUT2D eigenvalue weighted by molar-refractivity contribution is 0.0661. The van der Waals surface area contributed by atoms with Crippen molar-refractivity contribution in [2.24, 2.45) is 5.73 Å². The van der Waals surface area contributed by atoms with Crippen LogP contribution in [0.1, 0.15) is 17.2 Å². The predicted molar refractivity (Wildman–Crippen MR) is 79.3 cm³/mol. The second-order valence-electron chi connectivity index (χ2n) is 5.33. The van der Waals surface area contributed by atoms with Gasteiger partial charge >= 0.3 is 0 Å². The normalized spacial score (nSPS) is 19.1. The van der Waals surface area contributed by atoms with Crippen LogP contribution in [0.5, 0.6) is 0 Å². The van der Waals surface area contributed by atoms with E-state index in [1.165, 1.54) is 0 Å². The van der Waals surface area contributed by atoms with E-state index in [4.69, 9.17) is 10.8 Å². The molecule has 1 aromatic rings. The minimum atomic E-state index is -0.453. The zero-order valence-electron chi connectivity index (χ0n) is 11.9. The highest BCUT2D eigenvalue weighted by Crippen LogP contribution is 2.16. The van der Waals surface area contributed by atoms with Crippen molar-refractivity contribution < 1.29 is 10.2 Å². The zero-order chi connectivity index (χ0) is 14.4. The molecule has 0 spiro atoms. The molecular formula is C15H25N3O2. The van der Waals surface area contributed by atoms with Gasteiger partial charge < -0.3 is 15.9 Å². The summed E-state index contributed by atoms with van der Waals surface area (Å²) in [5, 5.41) is 19.2. The first-order chi connectivity index (χ1) is 9.72. The molecule has 1 fully saturated rings. The highest BCUT2D eigenvalue weighted by atomic mass is 16.3. The lowest BCUT2D eigenvalue weighted by Gasteiger charge is -2.35. The molecule has 1 atom stereocenters. The van der Waals surface area contributed by atoms with Gasteiger partial charge in [0.1, 0.15) is 0 Å². The van der Waals surface area contributed by atoms with Crippen LogP contribution in [-0.2, 0) is 6.54 Å². The summed E-state index contributed by atoms with van der Waals surface area (Å²) in [6, 6.07) is 7.85. The molecule has 0 aliphatic carbocycles. The van der Waals surface area contributed by atoms with Crippen LogP contribution in [0, 0.1) is 0 Å². The predicted octanol–water partition coefficient (Wildman–Crippen LogP) is -0.211. The summed E-state index contributed by atoms with van der Waals surface area (Å²) in [6.07, 6.45) is -0.453. The van der Waals surface area contributed by atoms with Crippen molar-refractivity contribution in [2.75, 3.05) is 45.9 Å². The minimum absolute atomic E-state index is 0.218. The fourth-order valence-corrected chi connectivity index (χ4v) is 2.56. The molecule has 5 heteroatoms. The molecule has 0 bridgehead atoms. The summed E-state index contributed by atoms with van der Waals surface area (Å²) in [6.45, 7) is 5.96. The average molecular weight is 279 g/mol. The average Bonchev–Trinajstić information content (AvgIpc) is 2.49. The molecular weight excluding hydrogens is 254 g/mol. The molecule has 0 saturated carbocycles. The molecule has 1 saturated heterocycles. The molecule has 1 aliphatic rings. The summed E-state index contributed by atoms with van der Waals surface area (Å²) >= 11 is 0. The number of β-amino-alcohol motifs (C(OH)–C–C–N with tert-alkyl or cyclic N) is 2. The highest BCUT2D eigenvalue weighted by molar-refractivity contribution is 5.24. The molecule has 0 radical (unpaired) electrons. The molecule has 1 aliphatic heterocycles. The molecule has 5 nitrogen and oxygen atoms in total. The van der Waals surface area contributed by atoms with Crippen LogP contribution in [0.4, 0.5) is 0 Å². The quantitative estimate of drug-likeness (QED) is 0.672. The molecule has 0 amide bonds. The van der Waals surface area contributed by atoms with Gasteiger partial charge in [0.25, 0.3) is 0 Å². The summed E-state index contributed by atoms with van der Waals surface area (Å²) in [5.41, 5.74) is 7.60. The second-order valence-corrected chi connectivity index (χ2v) is 5.33. The van der Waals surface area contributed by atoms with Gasteiger partial charge in [0, 0.05) is 45.8 Å². The number of piperazine rings is 1. The Morgan fingerprint density at radius 3 is 2.20 bits per heavy atom. The van der Waals surface area contributed by atoms with Crippen molar-refractivity contribution in [3.63, 3.8) is 0 Å². The van der Waals surface area contributed by atoms with Gasteiger partial charge in [0.15, 0.2) is 0 Å². The maximum absolute atomic E-state index is 10.3. The van der Waals surface area contributed by atoms with Crippen molar-refractivity contribution in [2.45, 2.75) is 12.6 Å². The third kappa shape index (κ3) is 4.26. The van der Waals surface area contributed by atoms with Gasteiger partial charge in [-0.3, -0.25) is 9.80 Å². The second kappa shape index (κ2) is 7.71. The molecule has 4 N–H and O–H groups in total. The standard InChI is InChI=1S/C15H25N3O2/c16-11-13-1-3-14(4-2-13)15(20)12-18-7-5-17(6-8-18)9-10-19/h1-4,15,19-20H,5-12,16H2. The summed E-state index contributed by atoms with van der Waals surface area (Å²) in [7, 11) is 0. The Hall–Kier alpha value is -0.980. The number of aliphatic hydroxyl groups excluding tert-OH is 2. The first kappa shape index (κ1) is 15.4. The van der Waals surface area contributed by atoms with Gasteiger partial charge in [0.2, 0.25) is 0 Å². The van der Waals surface area contributed by atoms with Crippen molar-refractivity contribution in [1.82, 2.24) is 9.80 Å². The highest BCUT2D eigenvalue weighted by Gasteiger charge is 2.19. The Labute approximate surface area is 120 Å². The van der Waals surface area contributed by atoms with Crippen LogP contribution < -0.4 is 5.73 Å². The molecule has 1 heterocycles. The maximum atomic E-state index is 10.3. The largest absolute Gasteiger partial charge is 0.395 e. The van der Waals surface area contributed by atoms with Crippen molar-refractivity contribution in [3.05, 3.63) is 35.4 Å². The maximum Gasteiger partial charge on any atom is 0.0916 e. The third-order valence-corrected chi connectivity index (χ3v) is 3.91. The lowest BCUT2D eigenvalue weighted by atomic mass is 10.1. The number of aliphatic hydroxyl groups is 2. The number of hydrogen-bond acceptors (Lipinski definition) is 5. The van der Waals surface area contributed by atoms with Crippen LogP contribution >= 0.6 is 0 Å². The van der Waals surface area contributed by atoms with Gasteiger partial charge in [-0.2, -0.15) is 0 Å². The van der Waals surface area contributed by atoms with Gasteiger partial charge in [-0.25, -0.2) is 0 Å². The van der Waals surface area contributed by atoms with Crippen LogP contribution in [0.25, 0.3) is 0 Å². The van der Waals surface area contributed by atoms with E-state index in [9.17, 15) is 5.11 Å². The Balaban J connectivity index is 1.81. The molecule has 1 aromatic carbocycles. The summed E-state index contributed by atoms with van der Waals surface area (Å²) in [4.78, 5) is 4.52. The number of benzene rings is 1.